The highest BCUT2D eigenvalue weighted by atomic mass is 16.6. The molecule has 17 heteroatoms. The van der Waals surface area contributed by atoms with Crippen LogP contribution >= 0.6 is 0 Å². The Morgan fingerprint density at radius 1 is 0.945 bits per heavy atom. The van der Waals surface area contributed by atoms with E-state index < -0.39 is 30.6 Å². The monoisotopic (exact) mass is 752 g/mol. The SMILES string of the molecule is CC(C)c1cc(-c2nnc(O)n2-c2ccc(CN3CCN(C(=O)OCC(=O)Nc4cccc5c4CN(C4CCC(=O)NC4=O)C5=O)CC3)cc2)c(O)cc1O. The first-order valence-electron chi connectivity index (χ1n) is 17.9. The number of hydrogen-bond donors (Lipinski definition) is 5. The minimum Gasteiger partial charge on any atom is -0.508 e. The smallest absolute Gasteiger partial charge is 0.410 e. The van der Waals surface area contributed by atoms with Crippen molar-refractivity contribution in [2.24, 2.45) is 0 Å². The van der Waals surface area contributed by atoms with Crippen molar-refractivity contribution in [3.8, 4) is 34.6 Å². The Labute approximate surface area is 315 Å². The maximum Gasteiger partial charge on any atom is 0.410 e. The van der Waals surface area contributed by atoms with Crippen LogP contribution in [0, 0.1) is 0 Å². The van der Waals surface area contributed by atoms with Crippen LogP contribution in [0.15, 0.2) is 54.6 Å². The zero-order valence-electron chi connectivity index (χ0n) is 30.2. The summed E-state index contributed by atoms with van der Waals surface area (Å²) in [6.07, 6.45) is -0.273. The van der Waals surface area contributed by atoms with Gasteiger partial charge in [-0.1, -0.05) is 37.1 Å². The lowest BCUT2D eigenvalue weighted by Crippen LogP contribution is -2.52. The van der Waals surface area contributed by atoms with Crippen LogP contribution in [-0.4, -0.2) is 113 Å². The van der Waals surface area contributed by atoms with E-state index in [1.807, 2.05) is 26.0 Å². The molecular weight excluding hydrogens is 712 g/mol. The molecule has 4 heterocycles. The summed E-state index contributed by atoms with van der Waals surface area (Å²) in [5.41, 5.74) is 3.74. The van der Waals surface area contributed by atoms with Crippen LogP contribution in [0.5, 0.6) is 17.5 Å². The van der Waals surface area contributed by atoms with Gasteiger partial charge in [0, 0.05) is 68.6 Å². The molecule has 0 radical (unpaired) electrons. The number of phenols is 2. The summed E-state index contributed by atoms with van der Waals surface area (Å²) < 4.78 is 6.73. The van der Waals surface area contributed by atoms with E-state index in [2.05, 4.69) is 25.7 Å². The van der Waals surface area contributed by atoms with Gasteiger partial charge in [-0.3, -0.25) is 29.4 Å². The Hall–Kier alpha value is -6.49. The molecule has 17 nitrogen and oxygen atoms in total. The number of hydrogen-bond acceptors (Lipinski definition) is 12. The van der Waals surface area contributed by atoms with Crippen molar-refractivity contribution < 1.29 is 44.0 Å². The number of carbonyl (C=O) groups excluding carboxylic acids is 5. The molecular formula is C38H40N8O9. The Bertz CT molecular complexity index is 2180. The van der Waals surface area contributed by atoms with E-state index in [0.29, 0.717) is 66.4 Å². The first-order valence-corrected chi connectivity index (χ1v) is 17.9. The second-order valence-electron chi connectivity index (χ2n) is 14.0. The lowest BCUT2D eigenvalue weighted by molar-refractivity contribution is -0.137. The normalized spacial score (nSPS) is 17.4. The predicted octanol–water partition coefficient (Wildman–Crippen LogP) is 2.83. The van der Waals surface area contributed by atoms with Gasteiger partial charge in [0.15, 0.2) is 12.4 Å². The van der Waals surface area contributed by atoms with Crippen molar-refractivity contribution in [1.29, 1.82) is 0 Å². The highest BCUT2D eigenvalue weighted by molar-refractivity contribution is 6.07. The molecule has 3 aromatic carbocycles. The molecule has 3 aliphatic rings. The molecule has 1 unspecified atom stereocenters. The van der Waals surface area contributed by atoms with Crippen molar-refractivity contribution in [3.05, 3.63) is 76.9 Å². The number of amides is 5. The van der Waals surface area contributed by atoms with Gasteiger partial charge in [0.25, 0.3) is 11.8 Å². The molecule has 0 aliphatic carbocycles. The number of piperidine rings is 1. The number of aromatic nitrogens is 3. The van der Waals surface area contributed by atoms with Crippen molar-refractivity contribution in [2.75, 3.05) is 38.1 Å². The Balaban J connectivity index is 0.898. The summed E-state index contributed by atoms with van der Waals surface area (Å²) >= 11 is 0. The van der Waals surface area contributed by atoms with Gasteiger partial charge in [-0.25, -0.2) is 9.36 Å². The number of phenolic OH excluding ortho intramolecular Hbond substituents is 2. The highest BCUT2D eigenvalue weighted by Gasteiger charge is 2.40. The summed E-state index contributed by atoms with van der Waals surface area (Å²) in [4.78, 5) is 67.8. The van der Waals surface area contributed by atoms with Crippen LogP contribution in [0.1, 0.15) is 59.7 Å². The van der Waals surface area contributed by atoms with Crippen LogP contribution in [0.25, 0.3) is 17.1 Å². The van der Waals surface area contributed by atoms with E-state index in [4.69, 9.17) is 4.74 Å². The van der Waals surface area contributed by atoms with E-state index >= 15 is 0 Å². The minimum absolute atomic E-state index is 0.0249. The van der Waals surface area contributed by atoms with Crippen LogP contribution in [-0.2, 0) is 32.2 Å². The molecule has 2 saturated heterocycles. The van der Waals surface area contributed by atoms with Crippen LogP contribution in [0.3, 0.4) is 0 Å². The number of carbonyl (C=O) groups is 5. The number of benzene rings is 3. The average Bonchev–Trinajstić information content (AvgIpc) is 3.70. The molecule has 1 aromatic heterocycles. The van der Waals surface area contributed by atoms with E-state index in [1.54, 1.807) is 36.4 Å². The van der Waals surface area contributed by atoms with Gasteiger partial charge in [-0.15, -0.1) is 5.10 Å². The van der Waals surface area contributed by atoms with E-state index in [1.165, 1.54) is 20.4 Å². The molecule has 55 heavy (non-hydrogen) atoms. The lowest BCUT2D eigenvalue weighted by atomic mass is 9.98. The molecule has 0 saturated carbocycles. The van der Waals surface area contributed by atoms with Gasteiger partial charge in [-0.05, 0) is 53.8 Å². The van der Waals surface area contributed by atoms with Crippen molar-refractivity contribution in [2.45, 2.75) is 51.7 Å². The van der Waals surface area contributed by atoms with E-state index in [-0.39, 0.29) is 60.5 Å². The van der Waals surface area contributed by atoms with Crippen molar-refractivity contribution in [3.63, 3.8) is 0 Å². The quantitative estimate of drug-likeness (QED) is 0.156. The average molecular weight is 753 g/mol. The number of nitrogens with one attached hydrogen (secondary N) is 2. The van der Waals surface area contributed by atoms with Gasteiger partial charge < -0.3 is 35.2 Å². The van der Waals surface area contributed by atoms with Gasteiger partial charge in [0.1, 0.15) is 17.5 Å². The minimum atomic E-state index is -0.786. The third-order valence-corrected chi connectivity index (χ3v) is 10.1. The van der Waals surface area contributed by atoms with Crippen LogP contribution in [0.4, 0.5) is 10.5 Å². The topological polar surface area (TPSA) is 220 Å². The number of piperazine rings is 1. The number of imide groups is 1. The van der Waals surface area contributed by atoms with Crippen LogP contribution in [0.2, 0.25) is 0 Å². The fraction of sp³-hybridized carbons (Fsp3) is 0.342. The molecule has 5 amide bonds. The van der Waals surface area contributed by atoms with Crippen molar-refractivity contribution >= 4 is 35.4 Å². The van der Waals surface area contributed by atoms with E-state index in [9.17, 15) is 39.3 Å². The first kappa shape index (κ1) is 36.9. The summed E-state index contributed by atoms with van der Waals surface area (Å²) in [6, 6.07) is 14.0. The summed E-state index contributed by atoms with van der Waals surface area (Å²) in [7, 11) is 0. The van der Waals surface area contributed by atoms with E-state index in [0.717, 1.165) is 5.56 Å². The fourth-order valence-electron chi connectivity index (χ4n) is 7.13. The fourth-order valence-corrected chi connectivity index (χ4v) is 7.13. The number of aromatic hydroxyl groups is 3. The Morgan fingerprint density at radius 2 is 1.69 bits per heavy atom. The molecule has 5 N–H and O–H groups in total. The predicted molar refractivity (Wildman–Crippen MR) is 195 cm³/mol. The van der Waals surface area contributed by atoms with Gasteiger partial charge in [0.05, 0.1) is 11.3 Å². The Kier molecular flexibility index (Phi) is 10.1. The maximum absolute atomic E-state index is 13.1. The second kappa shape index (κ2) is 15.1. The number of ether oxygens (including phenoxy) is 1. The molecule has 286 valence electrons. The highest BCUT2D eigenvalue weighted by Crippen LogP contribution is 2.39. The number of anilines is 1. The molecule has 0 bridgehead atoms. The second-order valence-corrected chi connectivity index (χ2v) is 14.0. The maximum atomic E-state index is 13.1. The zero-order chi connectivity index (χ0) is 39.0. The number of nitrogens with zero attached hydrogens (tertiary/aromatic N) is 6. The van der Waals surface area contributed by atoms with Gasteiger partial charge in [0.2, 0.25) is 11.8 Å². The molecule has 7 rings (SSSR count). The molecule has 4 aromatic rings. The molecule has 0 spiro atoms. The standard InChI is InChI=1S/C38H40N8O9/c1-21(2)25-16-26(31(48)17-30(25)47)34-41-42-37(53)46(34)23-8-6-22(7-9-23)18-43-12-14-44(15-13-43)38(54)55-20-33(50)39-28-5-3-4-24-27(28)19-45(36(24)52)29-10-11-32(49)40-35(29)51/h3-9,16-17,21,29,47-48H,10-15,18-20H2,1-2H3,(H,39,50)(H,42,53)(H,40,49,51). The molecule has 3 aliphatic heterocycles. The van der Waals surface area contributed by atoms with Gasteiger partial charge in [-0.2, -0.15) is 0 Å². The van der Waals surface area contributed by atoms with Crippen molar-refractivity contribution in [1.82, 2.24) is 34.8 Å². The number of fused-ring (bicyclic) bond motifs is 1. The zero-order valence-corrected chi connectivity index (χ0v) is 30.2. The Morgan fingerprint density at radius 3 is 2.40 bits per heavy atom. The third-order valence-electron chi connectivity index (χ3n) is 10.1. The molecule has 2 fully saturated rings. The lowest BCUT2D eigenvalue weighted by Gasteiger charge is -2.34. The first-order chi connectivity index (χ1) is 26.4. The third kappa shape index (κ3) is 7.50. The molecule has 1 atom stereocenters. The number of rotatable bonds is 9. The summed E-state index contributed by atoms with van der Waals surface area (Å²) in [5, 5.41) is 44.3. The summed E-state index contributed by atoms with van der Waals surface area (Å²) in [5.74, 6) is -1.90. The van der Waals surface area contributed by atoms with Gasteiger partial charge >= 0.3 is 12.1 Å². The largest absolute Gasteiger partial charge is 0.508 e. The van der Waals surface area contributed by atoms with Crippen LogP contribution < -0.4 is 10.6 Å². The summed E-state index contributed by atoms with van der Waals surface area (Å²) in [6.45, 7) is 5.86.